The first kappa shape index (κ1) is 81.5. The zero-order valence-corrected chi connectivity index (χ0v) is 79.1. The first-order valence-corrected chi connectivity index (χ1v) is 49.4. The maximum absolute atomic E-state index is 7.22. The normalized spacial score (nSPS) is 12.5. The summed E-state index contributed by atoms with van der Waals surface area (Å²) in [6, 6.07) is 146. The molecule has 0 saturated heterocycles. The fourth-order valence-corrected chi connectivity index (χ4v) is 23.3. The number of para-hydroxylation sites is 9. The maximum atomic E-state index is 7.22. The summed E-state index contributed by atoms with van der Waals surface area (Å²) in [5.74, 6) is 0.513. The lowest BCUT2D eigenvalue weighted by atomic mass is 9.91. The van der Waals surface area contributed by atoms with Gasteiger partial charge in [-0.1, -0.05) is 221 Å². The third-order valence-electron chi connectivity index (χ3n) is 30.4. The molecule has 0 aliphatic carbocycles. The van der Waals surface area contributed by atoms with Gasteiger partial charge in [0, 0.05) is 144 Å². The number of furan rings is 8. The zero-order chi connectivity index (χ0) is 95.1. The van der Waals surface area contributed by atoms with Crippen LogP contribution in [0.5, 0.6) is 0 Å². The molecule has 0 bridgehead atoms. The molecule has 12 nitrogen and oxygen atoms in total. The van der Waals surface area contributed by atoms with Crippen molar-refractivity contribution in [1.29, 1.82) is 0 Å². The lowest BCUT2D eigenvalue weighted by Crippen LogP contribution is -2.11. The molecule has 0 aliphatic heterocycles. The zero-order valence-electron chi connectivity index (χ0n) is 79.1. The van der Waals surface area contributed by atoms with Crippen molar-refractivity contribution in [3.05, 3.63) is 434 Å². The van der Waals surface area contributed by atoms with E-state index in [4.69, 9.17) is 35.3 Å². The van der Waals surface area contributed by atoms with Crippen LogP contribution in [0.1, 0.15) is 60.4 Å². The number of benzene rings is 22. The van der Waals surface area contributed by atoms with Crippen molar-refractivity contribution >= 4 is 287 Å². The van der Waals surface area contributed by atoms with Crippen LogP contribution in [0.25, 0.3) is 219 Å². The Kier molecular flexibility index (Phi) is 17.7. The largest absolute Gasteiger partial charge is 0.456 e. The van der Waals surface area contributed by atoms with Gasteiger partial charge in [-0.3, -0.25) is 0 Å². The molecule has 0 N–H and O–H groups in total. The van der Waals surface area contributed by atoms with Crippen LogP contribution in [0.2, 0.25) is 0 Å². The molecule has 0 saturated carbocycles. The SMILES string of the molecule is Cc1ccccc1N(c1ccc2cc3c(cc2c1)oc1cc2oc4cc5cc(N(c6ccccc6C)c6cccc7c6oc6cccc(CC(C)c8ccc(N(c9ccc%10cc%11c(cc%10c9)oc9cc%10oc%12cc%13cc(N(c%14ccc(C(C)C)cc%14)c%14cccc%15c%14oc%14ccccc%14%15)ccc%13cc%12c%10cc9%11)c9cccc%10c9oc9ccccc9%10)cc8)c67)ccc5cc4c2cc13)c1cccc2c1oc1ccccc12. The smallest absolute Gasteiger partial charge is 0.159 e. The van der Waals surface area contributed by atoms with E-state index in [1.807, 2.05) is 30.3 Å². The third-order valence-corrected chi connectivity index (χ3v) is 30.4. The van der Waals surface area contributed by atoms with Gasteiger partial charge in [-0.05, 0) is 297 Å². The van der Waals surface area contributed by atoms with Crippen LogP contribution in [0.3, 0.4) is 0 Å². The highest BCUT2D eigenvalue weighted by Gasteiger charge is 2.30. The van der Waals surface area contributed by atoms with Gasteiger partial charge in [-0.2, -0.15) is 0 Å². The number of nitrogens with zero attached hydrogens (tertiary/aromatic N) is 4. The lowest BCUT2D eigenvalue weighted by Gasteiger charge is -2.27. The minimum absolute atomic E-state index is 0.115. The Balaban J connectivity index is 0.458. The summed E-state index contributed by atoms with van der Waals surface area (Å²) < 4.78 is 55.0. The average molecular weight is 1860 g/mol. The molecular formula is C132H86N4O8. The molecule has 22 aromatic carbocycles. The Morgan fingerprint density at radius 2 is 0.472 bits per heavy atom. The number of anilines is 12. The fourth-order valence-electron chi connectivity index (χ4n) is 23.3. The quantitative estimate of drug-likeness (QED) is 0.0916. The highest BCUT2D eigenvalue weighted by Crippen LogP contribution is 2.53. The molecule has 8 heterocycles. The van der Waals surface area contributed by atoms with E-state index in [1.54, 1.807) is 0 Å². The van der Waals surface area contributed by atoms with Crippen LogP contribution < -0.4 is 19.6 Å². The van der Waals surface area contributed by atoms with E-state index < -0.39 is 0 Å². The number of aryl methyl sites for hydroxylation is 2. The molecule has 0 radical (unpaired) electrons. The summed E-state index contributed by atoms with van der Waals surface area (Å²) in [5, 5.41) is 25.5. The molecular weight excluding hydrogens is 1770 g/mol. The summed E-state index contributed by atoms with van der Waals surface area (Å²) in [6.07, 6.45) is 0.766. The molecule has 12 heteroatoms. The lowest BCUT2D eigenvalue weighted by molar-refractivity contribution is 0.656. The van der Waals surface area contributed by atoms with Crippen LogP contribution >= 0.6 is 0 Å². The number of hydrogen-bond donors (Lipinski definition) is 0. The van der Waals surface area contributed by atoms with E-state index in [9.17, 15) is 0 Å². The second-order valence-electron chi connectivity index (χ2n) is 39.3. The van der Waals surface area contributed by atoms with Gasteiger partial charge < -0.3 is 54.9 Å². The molecule has 1 unspecified atom stereocenters. The summed E-state index contributed by atoms with van der Waals surface area (Å²) in [5.41, 5.74) is 30.9. The third kappa shape index (κ3) is 12.7. The van der Waals surface area contributed by atoms with E-state index in [-0.39, 0.29) is 5.92 Å². The second kappa shape index (κ2) is 31.2. The molecule has 30 aromatic rings. The van der Waals surface area contributed by atoms with E-state index in [0.717, 1.165) is 304 Å². The van der Waals surface area contributed by atoms with Gasteiger partial charge in [0.2, 0.25) is 0 Å². The van der Waals surface area contributed by atoms with Gasteiger partial charge in [0.05, 0.1) is 22.7 Å². The summed E-state index contributed by atoms with van der Waals surface area (Å²) in [7, 11) is 0. The van der Waals surface area contributed by atoms with Crippen molar-refractivity contribution in [2.45, 2.75) is 52.9 Å². The van der Waals surface area contributed by atoms with Gasteiger partial charge >= 0.3 is 0 Å². The Bertz CT molecular complexity index is 10700. The minimum Gasteiger partial charge on any atom is -0.456 e. The molecule has 30 rings (SSSR count). The Labute approximate surface area is 823 Å². The standard InChI is InChI=1S/C132H86N4O8/c1-74(2)78-41-49-89(50-42-78)133(112-33-17-27-98-95-24-8-13-37-116(95)141-129(98)112)91-53-45-80-62-102-106-70-107-103-63-81-46-54-92(59-86(81)67-121(103)138-125(107)72-124(106)137-120(102)66-85(80)58-91)134(113-34-18-28-99-96-25-9-14-38-117(96)142-130(99)113)90-51-43-79(44-52-90)77(5)57-84-23-16-40-119-128(84)101-30-20-36-115(132(101)144-119)136(111-32-12-7-22-76(111)4)94-56-48-83-65-105-109-71-108-104-64-82-47-55-93(60-87(82)68-122(104)139-126(108)73-127(109)140-123(105)69-88(83)61-94)135(110-31-11-6-21-75(110)3)114-35-19-29-100-97-26-10-15-39-118(97)143-131(100)114/h6-56,58-74,77H,57H2,1-5H3. The first-order chi connectivity index (χ1) is 70.8. The molecule has 682 valence electrons. The van der Waals surface area contributed by atoms with Crippen LogP contribution in [-0.4, -0.2) is 0 Å². The van der Waals surface area contributed by atoms with Crippen molar-refractivity contribution in [2.75, 3.05) is 19.6 Å². The van der Waals surface area contributed by atoms with E-state index in [1.165, 1.54) is 16.7 Å². The second-order valence-corrected chi connectivity index (χ2v) is 39.3. The van der Waals surface area contributed by atoms with Gasteiger partial charge in [0.25, 0.3) is 0 Å². The highest BCUT2D eigenvalue weighted by molar-refractivity contribution is 6.23. The van der Waals surface area contributed by atoms with Crippen molar-refractivity contribution in [1.82, 2.24) is 0 Å². The van der Waals surface area contributed by atoms with E-state index in [2.05, 4.69) is 430 Å². The summed E-state index contributed by atoms with van der Waals surface area (Å²) in [4.78, 5) is 9.33. The molecule has 0 amide bonds. The fraction of sp³-hybridized carbons (Fsp3) is 0.0606. The topological polar surface area (TPSA) is 118 Å². The number of hydrogen-bond acceptors (Lipinski definition) is 12. The van der Waals surface area contributed by atoms with Gasteiger partial charge in [-0.15, -0.1) is 0 Å². The molecule has 1 atom stereocenters. The van der Waals surface area contributed by atoms with Crippen molar-refractivity contribution in [3.63, 3.8) is 0 Å². The van der Waals surface area contributed by atoms with Crippen LogP contribution in [0.15, 0.2) is 442 Å². The summed E-state index contributed by atoms with van der Waals surface area (Å²) >= 11 is 0. The molecule has 0 aliphatic rings. The van der Waals surface area contributed by atoms with E-state index >= 15 is 0 Å². The first-order valence-electron chi connectivity index (χ1n) is 49.4. The van der Waals surface area contributed by atoms with Crippen molar-refractivity contribution < 1.29 is 35.3 Å². The van der Waals surface area contributed by atoms with Crippen molar-refractivity contribution in [2.24, 2.45) is 0 Å². The molecule has 8 aromatic heterocycles. The molecule has 144 heavy (non-hydrogen) atoms. The molecule has 0 fully saturated rings. The number of rotatable bonds is 16. The number of fused-ring (bicyclic) bond motifs is 28. The predicted octanol–water partition coefficient (Wildman–Crippen LogP) is 39.5. The maximum Gasteiger partial charge on any atom is 0.159 e. The van der Waals surface area contributed by atoms with E-state index in [0.29, 0.717) is 5.92 Å². The van der Waals surface area contributed by atoms with Crippen LogP contribution in [-0.2, 0) is 6.42 Å². The van der Waals surface area contributed by atoms with Crippen molar-refractivity contribution in [3.8, 4) is 0 Å². The molecule has 0 spiro atoms. The predicted molar refractivity (Wildman–Crippen MR) is 596 cm³/mol. The Morgan fingerprint density at radius 3 is 0.854 bits per heavy atom. The summed E-state index contributed by atoms with van der Waals surface area (Å²) in [6.45, 7) is 11.1. The minimum atomic E-state index is 0.115. The van der Waals surface area contributed by atoms with Crippen LogP contribution in [0.4, 0.5) is 68.2 Å². The van der Waals surface area contributed by atoms with Gasteiger partial charge in [0.15, 0.2) is 22.3 Å². The van der Waals surface area contributed by atoms with Gasteiger partial charge in [-0.25, -0.2) is 0 Å². The highest BCUT2D eigenvalue weighted by atomic mass is 16.4. The monoisotopic (exact) mass is 1850 g/mol. The average Bonchev–Trinajstić information content (AvgIpc) is 1.57. The van der Waals surface area contributed by atoms with Gasteiger partial charge in [0.1, 0.15) is 67.0 Å². The Morgan fingerprint density at radius 1 is 0.188 bits per heavy atom. The van der Waals surface area contributed by atoms with Crippen LogP contribution in [0, 0.1) is 13.8 Å². The Hall–Kier alpha value is -18.5.